The molecule has 2 aromatic heterocycles. The molecule has 4 nitrogen and oxygen atoms in total. The number of aryl methyl sites for hydroxylation is 1. The molecule has 0 saturated heterocycles. The molecule has 20 heavy (non-hydrogen) atoms. The van der Waals surface area contributed by atoms with E-state index in [0.29, 0.717) is 0 Å². The lowest BCUT2D eigenvalue weighted by molar-refractivity contribution is 0.864. The van der Waals surface area contributed by atoms with Crippen LogP contribution >= 0.6 is 11.6 Å². The molecule has 3 rings (SSSR count). The highest BCUT2D eigenvalue weighted by molar-refractivity contribution is 6.31. The number of nitrogens with zero attached hydrogens (tertiary/aromatic N) is 3. The Hall–Kier alpha value is -2.07. The minimum absolute atomic E-state index is 0.0672. The molecule has 0 aliphatic carbocycles. The first-order chi connectivity index (χ1) is 9.65. The average Bonchev–Trinajstić information content (AvgIpc) is 2.80. The van der Waals surface area contributed by atoms with Crippen molar-refractivity contribution < 1.29 is 0 Å². The summed E-state index contributed by atoms with van der Waals surface area (Å²) in [6, 6.07) is 9.90. The second-order valence-corrected chi connectivity index (χ2v) is 5.19. The molecule has 1 unspecified atom stereocenters. The third-order valence-corrected chi connectivity index (χ3v) is 3.58. The smallest absolute Gasteiger partial charge is 0.152 e. The van der Waals surface area contributed by atoms with Gasteiger partial charge in [-0.3, -0.25) is 0 Å². The third kappa shape index (κ3) is 2.34. The van der Waals surface area contributed by atoms with Gasteiger partial charge in [0.2, 0.25) is 0 Å². The van der Waals surface area contributed by atoms with Gasteiger partial charge in [0.15, 0.2) is 5.82 Å². The number of halogens is 1. The Kier molecular flexibility index (Phi) is 3.32. The van der Waals surface area contributed by atoms with E-state index in [1.54, 1.807) is 6.20 Å². The number of rotatable bonds is 3. The molecule has 0 aliphatic heterocycles. The molecule has 102 valence electrons. The Morgan fingerprint density at radius 3 is 2.90 bits per heavy atom. The largest absolute Gasteiger partial charge is 0.362 e. The maximum Gasteiger partial charge on any atom is 0.152 e. The summed E-state index contributed by atoms with van der Waals surface area (Å²) in [4.78, 5) is 4.40. The van der Waals surface area contributed by atoms with Gasteiger partial charge in [0.1, 0.15) is 5.52 Å². The maximum absolute atomic E-state index is 6.23. The highest BCUT2D eigenvalue weighted by Gasteiger charge is 2.12. The van der Waals surface area contributed by atoms with E-state index in [1.165, 1.54) is 0 Å². The summed E-state index contributed by atoms with van der Waals surface area (Å²) in [5, 5.41) is 8.53. The van der Waals surface area contributed by atoms with E-state index in [2.05, 4.69) is 22.3 Å². The van der Waals surface area contributed by atoms with Crippen LogP contribution in [-0.4, -0.2) is 14.6 Å². The van der Waals surface area contributed by atoms with Crippen LogP contribution in [0.15, 0.2) is 42.7 Å². The Balaban J connectivity index is 1.95. The Morgan fingerprint density at radius 1 is 1.30 bits per heavy atom. The van der Waals surface area contributed by atoms with Crippen molar-refractivity contribution >= 4 is 22.9 Å². The molecule has 0 radical (unpaired) electrons. The van der Waals surface area contributed by atoms with Gasteiger partial charge in [-0.15, -0.1) is 0 Å². The number of aromatic nitrogens is 3. The second-order valence-electron chi connectivity index (χ2n) is 4.78. The van der Waals surface area contributed by atoms with Crippen molar-refractivity contribution in [2.24, 2.45) is 0 Å². The number of hydrogen-bond donors (Lipinski definition) is 1. The molecule has 0 saturated carbocycles. The predicted molar refractivity (Wildman–Crippen MR) is 81.2 cm³/mol. The first-order valence-corrected chi connectivity index (χ1v) is 6.85. The van der Waals surface area contributed by atoms with E-state index in [-0.39, 0.29) is 6.04 Å². The summed E-state index contributed by atoms with van der Waals surface area (Å²) in [6.07, 6.45) is 3.58. The van der Waals surface area contributed by atoms with E-state index < -0.39 is 0 Å². The zero-order valence-electron chi connectivity index (χ0n) is 11.3. The van der Waals surface area contributed by atoms with Crippen LogP contribution in [0.3, 0.4) is 0 Å². The first kappa shape index (κ1) is 12.9. The Bertz CT molecular complexity index is 750. The molecule has 3 aromatic rings. The highest BCUT2D eigenvalue weighted by atomic mass is 35.5. The lowest BCUT2D eigenvalue weighted by Gasteiger charge is -2.16. The summed E-state index contributed by atoms with van der Waals surface area (Å²) in [6.45, 7) is 4.03. The first-order valence-electron chi connectivity index (χ1n) is 6.47. The van der Waals surface area contributed by atoms with Crippen LogP contribution in [0.5, 0.6) is 0 Å². The van der Waals surface area contributed by atoms with Gasteiger partial charge in [0.05, 0.1) is 11.7 Å². The molecular formula is C15H15ClN4. The lowest BCUT2D eigenvalue weighted by atomic mass is 10.1. The number of benzene rings is 1. The van der Waals surface area contributed by atoms with E-state index >= 15 is 0 Å². The standard InChI is InChI=1S/C15H15ClN4/c1-10-9-14-15(17-7-8-20(14)19-10)18-11(2)12-5-3-4-6-13(12)16/h3-9,11H,1-2H3,(H,17,18). The van der Waals surface area contributed by atoms with Crippen LogP contribution in [0.1, 0.15) is 24.2 Å². The van der Waals surface area contributed by atoms with Gasteiger partial charge in [-0.25, -0.2) is 9.50 Å². The van der Waals surface area contributed by atoms with Crippen molar-refractivity contribution in [3.63, 3.8) is 0 Å². The highest BCUT2D eigenvalue weighted by Crippen LogP contribution is 2.26. The van der Waals surface area contributed by atoms with Crippen molar-refractivity contribution in [2.45, 2.75) is 19.9 Å². The van der Waals surface area contributed by atoms with Crippen molar-refractivity contribution in [3.8, 4) is 0 Å². The normalized spacial score (nSPS) is 12.6. The predicted octanol–water partition coefficient (Wildman–Crippen LogP) is 3.86. The molecule has 1 atom stereocenters. The van der Waals surface area contributed by atoms with Crippen LogP contribution in [0.2, 0.25) is 5.02 Å². The molecule has 0 spiro atoms. The molecule has 1 N–H and O–H groups in total. The van der Waals surface area contributed by atoms with Crippen molar-refractivity contribution in [1.29, 1.82) is 0 Å². The topological polar surface area (TPSA) is 42.2 Å². The van der Waals surface area contributed by atoms with Gasteiger partial charge < -0.3 is 5.32 Å². The van der Waals surface area contributed by atoms with Gasteiger partial charge in [-0.05, 0) is 31.5 Å². The second kappa shape index (κ2) is 5.13. The summed E-state index contributed by atoms with van der Waals surface area (Å²) in [7, 11) is 0. The Labute approximate surface area is 122 Å². The molecule has 1 aromatic carbocycles. The summed E-state index contributed by atoms with van der Waals surface area (Å²) < 4.78 is 1.82. The van der Waals surface area contributed by atoms with E-state index in [9.17, 15) is 0 Å². The molecule has 0 amide bonds. The lowest BCUT2D eigenvalue weighted by Crippen LogP contribution is -2.09. The van der Waals surface area contributed by atoms with Crippen molar-refractivity contribution in [3.05, 3.63) is 59.0 Å². The third-order valence-electron chi connectivity index (χ3n) is 3.24. The molecule has 5 heteroatoms. The minimum Gasteiger partial charge on any atom is -0.362 e. The van der Waals surface area contributed by atoms with Crippen LogP contribution in [-0.2, 0) is 0 Å². The summed E-state index contributed by atoms with van der Waals surface area (Å²) >= 11 is 6.23. The fourth-order valence-corrected chi connectivity index (χ4v) is 2.56. The van der Waals surface area contributed by atoms with Gasteiger partial charge in [-0.2, -0.15) is 5.10 Å². The van der Waals surface area contributed by atoms with Gasteiger partial charge >= 0.3 is 0 Å². The zero-order chi connectivity index (χ0) is 14.1. The van der Waals surface area contributed by atoms with Crippen LogP contribution < -0.4 is 5.32 Å². The van der Waals surface area contributed by atoms with Crippen LogP contribution in [0.25, 0.3) is 5.52 Å². The zero-order valence-corrected chi connectivity index (χ0v) is 12.1. The van der Waals surface area contributed by atoms with Gasteiger partial charge in [0, 0.05) is 17.4 Å². The quantitative estimate of drug-likeness (QED) is 0.795. The number of fused-ring (bicyclic) bond motifs is 1. The average molecular weight is 287 g/mol. The van der Waals surface area contributed by atoms with Crippen molar-refractivity contribution in [2.75, 3.05) is 5.32 Å². The fraction of sp³-hybridized carbons (Fsp3) is 0.200. The SMILES string of the molecule is Cc1cc2c(NC(C)c3ccccc3Cl)nccn2n1. The number of nitrogens with one attached hydrogen (secondary N) is 1. The molecule has 0 fully saturated rings. The van der Waals surface area contributed by atoms with Gasteiger partial charge in [-0.1, -0.05) is 29.8 Å². The Morgan fingerprint density at radius 2 is 2.10 bits per heavy atom. The summed E-state index contributed by atoms with van der Waals surface area (Å²) in [5.41, 5.74) is 2.98. The minimum atomic E-state index is 0.0672. The molecule has 2 heterocycles. The maximum atomic E-state index is 6.23. The summed E-state index contributed by atoms with van der Waals surface area (Å²) in [5.74, 6) is 0.806. The monoisotopic (exact) mass is 286 g/mol. The number of anilines is 1. The van der Waals surface area contributed by atoms with Crippen LogP contribution in [0.4, 0.5) is 5.82 Å². The van der Waals surface area contributed by atoms with E-state index in [0.717, 1.165) is 27.6 Å². The van der Waals surface area contributed by atoms with Crippen molar-refractivity contribution in [1.82, 2.24) is 14.6 Å². The molecule has 0 bridgehead atoms. The fourth-order valence-electron chi connectivity index (χ4n) is 2.26. The number of hydrogen-bond acceptors (Lipinski definition) is 3. The molecular weight excluding hydrogens is 272 g/mol. The van der Waals surface area contributed by atoms with Crippen LogP contribution in [0, 0.1) is 6.92 Å². The molecule has 0 aliphatic rings. The van der Waals surface area contributed by atoms with Gasteiger partial charge in [0.25, 0.3) is 0 Å². The van der Waals surface area contributed by atoms with E-state index in [1.807, 2.05) is 48.0 Å². The van der Waals surface area contributed by atoms with E-state index in [4.69, 9.17) is 11.6 Å².